The van der Waals surface area contributed by atoms with Gasteiger partial charge in [-0.2, -0.15) is 0 Å². The van der Waals surface area contributed by atoms with Crippen molar-refractivity contribution in [2.75, 3.05) is 0 Å². The molecule has 100 valence electrons. The zero-order valence-corrected chi connectivity index (χ0v) is 11.3. The molecular formula is C16H25NO. The van der Waals surface area contributed by atoms with Crippen molar-refractivity contribution >= 4 is 0 Å². The van der Waals surface area contributed by atoms with Crippen molar-refractivity contribution < 1.29 is 5.11 Å². The van der Waals surface area contributed by atoms with Gasteiger partial charge in [0.1, 0.15) is 5.75 Å². The average molecular weight is 247 g/mol. The number of benzene rings is 1. The van der Waals surface area contributed by atoms with E-state index in [2.05, 4.69) is 13.0 Å². The maximum atomic E-state index is 9.48. The van der Waals surface area contributed by atoms with Gasteiger partial charge >= 0.3 is 0 Å². The molecule has 2 heteroatoms. The van der Waals surface area contributed by atoms with Crippen LogP contribution in [0.15, 0.2) is 24.3 Å². The highest BCUT2D eigenvalue weighted by Gasteiger charge is 2.25. The molecule has 2 rings (SSSR count). The number of rotatable bonds is 4. The van der Waals surface area contributed by atoms with Crippen molar-refractivity contribution in [3.8, 4) is 5.75 Å². The molecule has 0 bridgehead atoms. The summed E-state index contributed by atoms with van der Waals surface area (Å²) in [7, 11) is 0. The molecule has 1 aromatic carbocycles. The van der Waals surface area contributed by atoms with Crippen molar-refractivity contribution in [3.05, 3.63) is 29.8 Å². The lowest BCUT2D eigenvalue weighted by Gasteiger charge is -2.32. The van der Waals surface area contributed by atoms with Gasteiger partial charge in [-0.15, -0.1) is 0 Å². The average Bonchev–Trinajstić information content (AvgIpc) is 2.39. The van der Waals surface area contributed by atoms with Gasteiger partial charge < -0.3 is 10.8 Å². The van der Waals surface area contributed by atoms with Gasteiger partial charge in [-0.25, -0.2) is 0 Å². The van der Waals surface area contributed by atoms with Gasteiger partial charge in [-0.05, 0) is 48.8 Å². The molecule has 3 atom stereocenters. The van der Waals surface area contributed by atoms with Gasteiger partial charge in [0.25, 0.3) is 0 Å². The van der Waals surface area contributed by atoms with Crippen LogP contribution in [-0.2, 0) is 6.42 Å². The standard InChI is InChI=1S/C16H25NO/c1-2-12-5-3-7-14(9-12)16(17)11-13-6-4-8-15(18)10-13/h4,6,8,10,12,14,16,18H,2-3,5,7,9,11,17H2,1H3. The van der Waals surface area contributed by atoms with Crippen molar-refractivity contribution in [1.82, 2.24) is 0 Å². The lowest BCUT2D eigenvalue weighted by atomic mass is 9.76. The first kappa shape index (κ1) is 13.4. The van der Waals surface area contributed by atoms with E-state index in [0.717, 1.165) is 17.9 Å². The molecule has 0 saturated heterocycles. The summed E-state index contributed by atoms with van der Waals surface area (Å²) in [5.74, 6) is 1.87. The summed E-state index contributed by atoms with van der Waals surface area (Å²) < 4.78 is 0. The summed E-state index contributed by atoms with van der Waals surface area (Å²) in [6.45, 7) is 2.29. The molecule has 1 aromatic rings. The van der Waals surface area contributed by atoms with E-state index in [0.29, 0.717) is 11.7 Å². The molecule has 1 saturated carbocycles. The lowest BCUT2D eigenvalue weighted by Crippen LogP contribution is -2.35. The second-order valence-electron chi connectivity index (χ2n) is 5.74. The van der Waals surface area contributed by atoms with E-state index >= 15 is 0 Å². The summed E-state index contributed by atoms with van der Waals surface area (Å²) in [4.78, 5) is 0. The monoisotopic (exact) mass is 247 g/mol. The molecule has 0 spiro atoms. The Balaban J connectivity index is 1.93. The van der Waals surface area contributed by atoms with Crippen LogP contribution in [0.25, 0.3) is 0 Å². The van der Waals surface area contributed by atoms with Crippen LogP contribution in [-0.4, -0.2) is 11.1 Å². The molecule has 1 aliphatic rings. The quantitative estimate of drug-likeness (QED) is 0.855. The number of hydrogen-bond donors (Lipinski definition) is 2. The Labute approximate surface area is 110 Å². The van der Waals surface area contributed by atoms with Gasteiger partial charge in [0.2, 0.25) is 0 Å². The zero-order valence-electron chi connectivity index (χ0n) is 11.3. The maximum absolute atomic E-state index is 9.48. The summed E-state index contributed by atoms with van der Waals surface area (Å²) in [6, 6.07) is 7.73. The van der Waals surface area contributed by atoms with Gasteiger partial charge in [0, 0.05) is 6.04 Å². The summed E-state index contributed by atoms with van der Waals surface area (Å²) in [5, 5.41) is 9.48. The largest absolute Gasteiger partial charge is 0.508 e. The third-order valence-electron chi connectivity index (χ3n) is 4.39. The minimum atomic E-state index is 0.237. The van der Waals surface area contributed by atoms with E-state index in [1.807, 2.05) is 12.1 Å². The minimum Gasteiger partial charge on any atom is -0.508 e. The van der Waals surface area contributed by atoms with Crippen molar-refractivity contribution in [2.24, 2.45) is 17.6 Å². The van der Waals surface area contributed by atoms with E-state index in [-0.39, 0.29) is 6.04 Å². The van der Waals surface area contributed by atoms with Crippen LogP contribution >= 0.6 is 0 Å². The third kappa shape index (κ3) is 3.49. The Kier molecular flexibility index (Phi) is 4.65. The molecule has 0 radical (unpaired) electrons. The molecule has 0 aliphatic heterocycles. The van der Waals surface area contributed by atoms with E-state index in [1.54, 1.807) is 6.07 Å². The summed E-state index contributed by atoms with van der Waals surface area (Å²) >= 11 is 0. The van der Waals surface area contributed by atoms with Crippen LogP contribution in [0.2, 0.25) is 0 Å². The fraction of sp³-hybridized carbons (Fsp3) is 0.625. The highest BCUT2D eigenvalue weighted by molar-refractivity contribution is 5.27. The first-order chi connectivity index (χ1) is 8.69. The van der Waals surface area contributed by atoms with Crippen LogP contribution in [0.3, 0.4) is 0 Å². The van der Waals surface area contributed by atoms with Crippen LogP contribution in [0.1, 0.15) is 44.6 Å². The van der Waals surface area contributed by atoms with E-state index < -0.39 is 0 Å². The Bertz CT molecular complexity index is 377. The normalized spacial score (nSPS) is 25.9. The SMILES string of the molecule is CCC1CCCC(C(N)Cc2cccc(O)c2)C1. The smallest absolute Gasteiger partial charge is 0.115 e. The maximum Gasteiger partial charge on any atom is 0.115 e. The molecule has 3 unspecified atom stereocenters. The molecule has 0 amide bonds. The highest BCUT2D eigenvalue weighted by atomic mass is 16.3. The summed E-state index contributed by atoms with van der Waals surface area (Å²) in [5.41, 5.74) is 7.52. The first-order valence-electron chi connectivity index (χ1n) is 7.22. The molecule has 0 aromatic heterocycles. The number of nitrogens with two attached hydrogens (primary N) is 1. The predicted octanol–water partition coefficient (Wildman–Crippen LogP) is 3.48. The second kappa shape index (κ2) is 6.24. The molecule has 3 N–H and O–H groups in total. The molecule has 0 heterocycles. The molecule has 18 heavy (non-hydrogen) atoms. The number of aromatic hydroxyl groups is 1. The third-order valence-corrected chi connectivity index (χ3v) is 4.39. The molecule has 1 aliphatic carbocycles. The van der Waals surface area contributed by atoms with Crippen LogP contribution in [0.5, 0.6) is 5.75 Å². The Morgan fingerprint density at radius 1 is 1.39 bits per heavy atom. The lowest BCUT2D eigenvalue weighted by molar-refractivity contribution is 0.228. The first-order valence-corrected chi connectivity index (χ1v) is 7.22. The second-order valence-corrected chi connectivity index (χ2v) is 5.74. The Hall–Kier alpha value is -1.02. The Morgan fingerprint density at radius 3 is 2.94 bits per heavy atom. The van der Waals surface area contributed by atoms with Crippen LogP contribution in [0.4, 0.5) is 0 Å². The van der Waals surface area contributed by atoms with Crippen molar-refractivity contribution in [2.45, 2.75) is 51.5 Å². The van der Waals surface area contributed by atoms with Crippen LogP contribution < -0.4 is 5.73 Å². The predicted molar refractivity (Wildman–Crippen MR) is 75.5 cm³/mol. The number of hydrogen-bond acceptors (Lipinski definition) is 2. The van der Waals surface area contributed by atoms with Crippen molar-refractivity contribution in [1.29, 1.82) is 0 Å². The minimum absolute atomic E-state index is 0.237. The van der Waals surface area contributed by atoms with Gasteiger partial charge in [0.15, 0.2) is 0 Å². The zero-order chi connectivity index (χ0) is 13.0. The highest BCUT2D eigenvalue weighted by Crippen LogP contribution is 2.33. The van der Waals surface area contributed by atoms with Gasteiger partial charge in [0.05, 0.1) is 0 Å². The van der Waals surface area contributed by atoms with E-state index in [1.165, 1.54) is 32.1 Å². The van der Waals surface area contributed by atoms with Crippen molar-refractivity contribution in [3.63, 3.8) is 0 Å². The number of phenols is 1. The molecule has 2 nitrogen and oxygen atoms in total. The molecular weight excluding hydrogens is 222 g/mol. The number of phenolic OH excluding ortho intramolecular Hbond substituents is 1. The molecule has 1 fully saturated rings. The Morgan fingerprint density at radius 2 is 2.22 bits per heavy atom. The fourth-order valence-electron chi connectivity index (χ4n) is 3.21. The summed E-state index contributed by atoms with van der Waals surface area (Å²) in [6.07, 6.45) is 7.45. The fourth-order valence-corrected chi connectivity index (χ4v) is 3.21. The van der Waals surface area contributed by atoms with Gasteiger partial charge in [-0.3, -0.25) is 0 Å². The van der Waals surface area contributed by atoms with Gasteiger partial charge in [-0.1, -0.05) is 38.3 Å². The topological polar surface area (TPSA) is 46.2 Å². The van der Waals surface area contributed by atoms with E-state index in [4.69, 9.17) is 5.73 Å². The van der Waals surface area contributed by atoms with E-state index in [9.17, 15) is 5.11 Å². The van der Waals surface area contributed by atoms with Crippen LogP contribution in [0, 0.1) is 11.8 Å².